The molecule has 0 aliphatic carbocycles. The van der Waals surface area contributed by atoms with Gasteiger partial charge in [0, 0.05) is 31.0 Å². The van der Waals surface area contributed by atoms with Crippen molar-refractivity contribution in [2.24, 2.45) is 0 Å². The SMILES string of the molecule is CS(=O)(=O)c1ccc(COc2ccc(-c3cn(C(=O)NCCCC(F)(F)F)cn3)cc2)cc1. The first-order valence-electron chi connectivity index (χ1n) is 9.92. The standard InChI is InChI=1S/C22H22F3N3O4S/c1-33(30,31)19-9-3-16(4-10-19)14-32-18-7-5-17(6-8-18)20-13-28(15-27-20)21(29)26-12-2-11-22(23,24)25/h3-10,13,15H,2,11-12,14H2,1H3,(H,26,29). The van der Waals surface area contributed by atoms with E-state index in [0.29, 0.717) is 11.4 Å². The second kappa shape index (κ2) is 10.1. The molecule has 0 unspecified atom stereocenters. The van der Waals surface area contributed by atoms with Gasteiger partial charge in [-0.25, -0.2) is 18.2 Å². The summed E-state index contributed by atoms with van der Waals surface area (Å²) in [5.41, 5.74) is 2.05. The van der Waals surface area contributed by atoms with E-state index in [4.69, 9.17) is 4.74 Å². The molecular formula is C22H22F3N3O4S. The molecule has 11 heteroatoms. The van der Waals surface area contributed by atoms with Gasteiger partial charge in [0.1, 0.15) is 18.7 Å². The minimum Gasteiger partial charge on any atom is -0.489 e. The molecule has 0 spiro atoms. The van der Waals surface area contributed by atoms with Crippen LogP contribution in [0.3, 0.4) is 0 Å². The lowest BCUT2D eigenvalue weighted by Gasteiger charge is -2.08. The van der Waals surface area contributed by atoms with Crippen LogP contribution in [0, 0.1) is 0 Å². The lowest BCUT2D eigenvalue weighted by atomic mass is 10.1. The Kier molecular flexibility index (Phi) is 7.42. The van der Waals surface area contributed by atoms with E-state index in [0.717, 1.165) is 17.4 Å². The summed E-state index contributed by atoms with van der Waals surface area (Å²) < 4.78 is 66.4. The first kappa shape index (κ1) is 24.3. The number of nitrogens with zero attached hydrogens (tertiary/aromatic N) is 2. The maximum absolute atomic E-state index is 12.2. The third kappa shape index (κ3) is 7.35. The Morgan fingerprint density at radius 2 is 1.76 bits per heavy atom. The molecule has 0 saturated carbocycles. The zero-order valence-corrected chi connectivity index (χ0v) is 18.5. The monoisotopic (exact) mass is 481 g/mol. The van der Waals surface area contributed by atoms with E-state index in [-0.39, 0.29) is 24.5 Å². The van der Waals surface area contributed by atoms with Crippen LogP contribution in [0.4, 0.5) is 18.0 Å². The summed E-state index contributed by atoms with van der Waals surface area (Å²) in [6, 6.07) is 12.9. The van der Waals surface area contributed by atoms with Gasteiger partial charge in [-0.1, -0.05) is 12.1 Å². The fourth-order valence-corrected chi connectivity index (χ4v) is 3.51. The highest BCUT2D eigenvalue weighted by Gasteiger charge is 2.26. The largest absolute Gasteiger partial charge is 0.489 e. The summed E-state index contributed by atoms with van der Waals surface area (Å²) in [6.07, 6.45) is -1.47. The lowest BCUT2D eigenvalue weighted by Crippen LogP contribution is -2.29. The smallest absolute Gasteiger partial charge is 0.389 e. The number of amides is 1. The van der Waals surface area contributed by atoms with Crippen molar-refractivity contribution in [1.82, 2.24) is 14.9 Å². The summed E-state index contributed by atoms with van der Waals surface area (Å²) >= 11 is 0. The minimum atomic E-state index is -4.24. The number of aromatic nitrogens is 2. The number of alkyl halides is 3. The minimum absolute atomic E-state index is 0.0884. The van der Waals surface area contributed by atoms with Crippen molar-refractivity contribution in [2.45, 2.75) is 30.5 Å². The number of carbonyl (C=O) groups excluding carboxylic acids is 1. The fourth-order valence-electron chi connectivity index (χ4n) is 2.88. The molecule has 0 aliphatic heterocycles. The molecule has 33 heavy (non-hydrogen) atoms. The van der Waals surface area contributed by atoms with Gasteiger partial charge in [-0.05, 0) is 48.4 Å². The third-order valence-electron chi connectivity index (χ3n) is 4.64. The molecule has 3 aromatic rings. The maximum Gasteiger partial charge on any atom is 0.389 e. The second-order valence-electron chi connectivity index (χ2n) is 7.35. The Morgan fingerprint density at radius 1 is 1.09 bits per heavy atom. The van der Waals surface area contributed by atoms with Crippen molar-refractivity contribution in [3.8, 4) is 17.0 Å². The van der Waals surface area contributed by atoms with Gasteiger partial charge in [-0.2, -0.15) is 13.2 Å². The average molecular weight is 481 g/mol. The molecule has 7 nitrogen and oxygen atoms in total. The summed E-state index contributed by atoms with van der Waals surface area (Å²) in [5, 5.41) is 2.42. The zero-order valence-electron chi connectivity index (χ0n) is 17.7. The van der Waals surface area contributed by atoms with Crippen molar-refractivity contribution in [2.75, 3.05) is 12.8 Å². The molecule has 1 aromatic heterocycles. The summed E-state index contributed by atoms with van der Waals surface area (Å²) in [4.78, 5) is 16.4. The van der Waals surface area contributed by atoms with E-state index >= 15 is 0 Å². The predicted molar refractivity (Wildman–Crippen MR) is 116 cm³/mol. The van der Waals surface area contributed by atoms with Crippen LogP contribution < -0.4 is 10.1 Å². The fraction of sp³-hybridized carbons (Fsp3) is 0.273. The van der Waals surface area contributed by atoms with Crippen molar-refractivity contribution >= 4 is 15.9 Å². The number of carbonyl (C=O) groups is 1. The molecule has 176 valence electrons. The van der Waals surface area contributed by atoms with Gasteiger partial charge >= 0.3 is 12.2 Å². The van der Waals surface area contributed by atoms with Crippen molar-refractivity contribution in [3.05, 3.63) is 66.6 Å². The number of benzene rings is 2. The van der Waals surface area contributed by atoms with Crippen LogP contribution in [0.25, 0.3) is 11.3 Å². The predicted octanol–water partition coefficient (Wildman–Crippen LogP) is 4.43. The van der Waals surface area contributed by atoms with Gasteiger partial charge in [-0.15, -0.1) is 0 Å². The van der Waals surface area contributed by atoms with Crippen LogP contribution in [-0.4, -0.2) is 43.0 Å². The lowest BCUT2D eigenvalue weighted by molar-refractivity contribution is -0.135. The van der Waals surface area contributed by atoms with Crippen molar-refractivity contribution < 1.29 is 31.1 Å². The highest BCUT2D eigenvalue weighted by molar-refractivity contribution is 7.90. The second-order valence-corrected chi connectivity index (χ2v) is 9.36. The van der Waals surface area contributed by atoms with Gasteiger partial charge in [0.25, 0.3) is 0 Å². The summed E-state index contributed by atoms with van der Waals surface area (Å²) in [7, 11) is -3.25. The topological polar surface area (TPSA) is 90.3 Å². The number of imidazole rings is 1. The molecule has 3 rings (SSSR count). The van der Waals surface area contributed by atoms with Crippen molar-refractivity contribution in [3.63, 3.8) is 0 Å². The van der Waals surface area contributed by atoms with Crippen LogP contribution in [0.2, 0.25) is 0 Å². The Bertz CT molecular complexity index is 1190. The van der Waals surface area contributed by atoms with Gasteiger partial charge in [0.05, 0.1) is 10.6 Å². The molecule has 1 heterocycles. The van der Waals surface area contributed by atoms with E-state index in [1.54, 1.807) is 36.4 Å². The van der Waals surface area contributed by atoms with Gasteiger partial charge in [-0.3, -0.25) is 4.57 Å². The summed E-state index contributed by atoms with van der Waals surface area (Å²) in [6.45, 7) is 0.168. The van der Waals surface area contributed by atoms with E-state index in [2.05, 4.69) is 10.3 Å². The van der Waals surface area contributed by atoms with E-state index in [1.807, 2.05) is 0 Å². The number of sulfone groups is 1. The van der Waals surface area contributed by atoms with E-state index in [1.165, 1.54) is 29.2 Å². The first-order chi connectivity index (χ1) is 15.5. The number of hydrogen-bond acceptors (Lipinski definition) is 5. The normalized spacial score (nSPS) is 11.9. The van der Waals surface area contributed by atoms with Gasteiger partial charge < -0.3 is 10.1 Å². The van der Waals surface area contributed by atoms with Crippen LogP contribution in [0.15, 0.2) is 66.0 Å². The molecule has 0 atom stereocenters. The Balaban J connectivity index is 1.53. The molecule has 0 fully saturated rings. The third-order valence-corrected chi connectivity index (χ3v) is 5.77. The molecule has 0 saturated heterocycles. The Labute approximate surface area is 189 Å². The Morgan fingerprint density at radius 3 is 2.36 bits per heavy atom. The molecule has 0 bridgehead atoms. The van der Waals surface area contributed by atoms with Crippen LogP contribution in [-0.2, 0) is 16.4 Å². The number of nitrogens with one attached hydrogen (secondary N) is 1. The molecule has 1 amide bonds. The molecule has 0 aliphatic rings. The summed E-state index contributed by atoms with van der Waals surface area (Å²) in [5.74, 6) is 0.591. The quantitative estimate of drug-likeness (QED) is 0.481. The first-order valence-corrected chi connectivity index (χ1v) is 11.8. The molecular weight excluding hydrogens is 459 g/mol. The number of halogens is 3. The van der Waals surface area contributed by atoms with Crippen LogP contribution in [0.5, 0.6) is 5.75 Å². The van der Waals surface area contributed by atoms with Gasteiger partial charge in [0.15, 0.2) is 9.84 Å². The van der Waals surface area contributed by atoms with E-state index in [9.17, 15) is 26.4 Å². The average Bonchev–Trinajstić information content (AvgIpc) is 3.25. The number of hydrogen-bond donors (Lipinski definition) is 1. The Hall–Kier alpha value is -3.34. The van der Waals surface area contributed by atoms with Crippen LogP contribution >= 0.6 is 0 Å². The number of ether oxygens (including phenoxy) is 1. The number of rotatable bonds is 8. The molecule has 2 aromatic carbocycles. The zero-order chi connectivity index (χ0) is 24.1. The van der Waals surface area contributed by atoms with E-state index < -0.39 is 28.5 Å². The molecule has 1 N–H and O–H groups in total. The van der Waals surface area contributed by atoms with Crippen LogP contribution in [0.1, 0.15) is 18.4 Å². The highest BCUT2D eigenvalue weighted by Crippen LogP contribution is 2.22. The van der Waals surface area contributed by atoms with Crippen molar-refractivity contribution in [1.29, 1.82) is 0 Å². The van der Waals surface area contributed by atoms with Gasteiger partial charge in [0.2, 0.25) is 0 Å². The maximum atomic E-state index is 12.2. The molecule has 0 radical (unpaired) electrons. The highest BCUT2D eigenvalue weighted by atomic mass is 32.2.